The van der Waals surface area contributed by atoms with Crippen molar-refractivity contribution in [1.82, 2.24) is 5.32 Å². The van der Waals surface area contributed by atoms with Crippen LogP contribution in [0.15, 0.2) is 0 Å². The number of hydrogen-bond acceptors (Lipinski definition) is 4. The summed E-state index contributed by atoms with van der Waals surface area (Å²) in [6, 6.07) is 0. The normalized spacial score (nSPS) is 13.7. The number of rotatable bonds is 7. The van der Waals surface area contributed by atoms with Gasteiger partial charge in [-0.3, -0.25) is 4.79 Å². The first-order chi connectivity index (χ1) is 6.94. The smallest absolute Gasteiger partial charge is 0.312 e. The van der Waals surface area contributed by atoms with Gasteiger partial charge in [0.05, 0.1) is 12.5 Å². The fourth-order valence-electron chi connectivity index (χ4n) is 1.30. The van der Waals surface area contributed by atoms with Crippen LogP contribution in [0.5, 0.6) is 0 Å². The number of hydrogen-bond donors (Lipinski definition) is 2. The lowest BCUT2D eigenvalue weighted by Gasteiger charge is -2.22. The van der Waals surface area contributed by atoms with E-state index < -0.39 is 5.41 Å². The molecule has 0 aliphatic rings. The first-order valence-electron chi connectivity index (χ1n) is 5.34. The summed E-state index contributed by atoms with van der Waals surface area (Å²) in [5.41, 5.74) is -0.492. The van der Waals surface area contributed by atoms with Crippen LogP contribution in [-0.4, -0.2) is 37.9 Å². The van der Waals surface area contributed by atoms with Crippen molar-refractivity contribution in [1.29, 1.82) is 0 Å². The fraction of sp³-hybridized carbons (Fsp3) is 0.909. The molecule has 0 aliphatic carbocycles. The molecule has 0 aromatic rings. The summed E-state index contributed by atoms with van der Waals surface area (Å²) in [6.45, 7) is 7.37. The number of carbonyl (C=O) groups is 1. The molecule has 0 bridgehead atoms. The quantitative estimate of drug-likeness (QED) is 0.619. The minimum absolute atomic E-state index is 0.204. The predicted molar refractivity (Wildman–Crippen MR) is 59.5 cm³/mol. The van der Waals surface area contributed by atoms with Crippen LogP contribution in [0, 0.1) is 11.3 Å². The number of methoxy groups -OCH3 is 1. The molecule has 2 N–H and O–H groups in total. The molecule has 0 heterocycles. The van der Waals surface area contributed by atoms with Gasteiger partial charge >= 0.3 is 5.97 Å². The van der Waals surface area contributed by atoms with Crippen molar-refractivity contribution in [2.45, 2.75) is 27.2 Å². The maximum atomic E-state index is 11.3. The van der Waals surface area contributed by atoms with Crippen molar-refractivity contribution >= 4 is 5.97 Å². The summed E-state index contributed by atoms with van der Waals surface area (Å²) in [5.74, 6) is 0.216. The van der Waals surface area contributed by atoms with Crippen molar-refractivity contribution in [2.75, 3.05) is 26.8 Å². The van der Waals surface area contributed by atoms with Crippen LogP contribution in [-0.2, 0) is 9.53 Å². The second kappa shape index (κ2) is 6.80. The second-order valence-electron chi connectivity index (χ2n) is 4.62. The number of aliphatic hydroxyl groups excluding tert-OH is 1. The van der Waals surface area contributed by atoms with E-state index in [9.17, 15) is 4.79 Å². The SMILES string of the molecule is COC(=O)C(C)(C)CNCC(C)CCO. The van der Waals surface area contributed by atoms with Crippen molar-refractivity contribution in [2.24, 2.45) is 11.3 Å². The van der Waals surface area contributed by atoms with Crippen LogP contribution in [0.4, 0.5) is 0 Å². The molecule has 0 saturated heterocycles. The molecule has 0 aromatic heterocycles. The van der Waals surface area contributed by atoms with Crippen LogP contribution >= 0.6 is 0 Å². The van der Waals surface area contributed by atoms with Gasteiger partial charge < -0.3 is 15.2 Å². The number of esters is 1. The van der Waals surface area contributed by atoms with E-state index in [0.29, 0.717) is 12.5 Å². The highest BCUT2D eigenvalue weighted by Crippen LogP contribution is 2.15. The molecule has 15 heavy (non-hydrogen) atoms. The first kappa shape index (κ1) is 14.4. The molecule has 4 nitrogen and oxygen atoms in total. The van der Waals surface area contributed by atoms with E-state index in [1.54, 1.807) is 0 Å². The van der Waals surface area contributed by atoms with Crippen molar-refractivity contribution < 1.29 is 14.6 Å². The molecular weight excluding hydrogens is 194 g/mol. The lowest BCUT2D eigenvalue weighted by molar-refractivity contribution is -0.150. The van der Waals surface area contributed by atoms with Crippen LogP contribution in [0.2, 0.25) is 0 Å². The van der Waals surface area contributed by atoms with Crippen LogP contribution < -0.4 is 5.32 Å². The van der Waals surface area contributed by atoms with E-state index in [2.05, 4.69) is 12.2 Å². The van der Waals surface area contributed by atoms with E-state index in [4.69, 9.17) is 9.84 Å². The number of aliphatic hydroxyl groups is 1. The van der Waals surface area contributed by atoms with Gasteiger partial charge in [-0.05, 0) is 32.7 Å². The molecule has 1 atom stereocenters. The molecule has 90 valence electrons. The summed E-state index contributed by atoms with van der Waals surface area (Å²) in [6.07, 6.45) is 0.783. The van der Waals surface area contributed by atoms with Crippen LogP contribution in [0.25, 0.3) is 0 Å². The van der Waals surface area contributed by atoms with Gasteiger partial charge in [0.15, 0.2) is 0 Å². The summed E-state index contributed by atoms with van der Waals surface area (Å²) >= 11 is 0. The average molecular weight is 217 g/mol. The minimum atomic E-state index is -0.492. The third kappa shape index (κ3) is 5.74. The number of carbonyl (C=O) groups excluding carboxylic acids is 1. The van der Waals surface area contributed by atoms with Gasteiger partial charge in [-0.25, -0.2) is 0 Å². The Morgan fingerprint density at radius 1 is 1.53 bits per heavy atom. The van der Waals surface area contributed by atoms with Gasteiger partial charge in [-0.15, -0.1) is 0 Å². The third-order valence-corrected chi connectivity index (χ3v) is 2.42. The van der Waals surface area contributed by atoms with Gasteiger partial charge in [0.1, 0.15) is 0 Å². The highest BCUT2D eigenvalue weighted by Gasteiger charge is 2.28. The lowest BCUT2D eigenvalue weighted by atomic mass is 9.93. The fourth-order valence-corrected chi connectivity index (χ4v) is 1.30. The van der Waals surface area contributed by atoms with Crippen LogP contribution in [0.1, 0.15) is 27.2 Å². The second-order valence-corrected chi connectivity index (χ2v) is 4.62. The zero-order valence-corrected chi connectivity index (χ0v) is 10.2. The van der Waals surface area contributed by atoms with Crippen LogP contribution in [0.3, 0.4) is 0 Å². The van der Waals surface area contributed by atoms with Gasteiger partial charge in [0, 0.05) is 13.2 Å². The largest absolute Gasteiger partial charge is 0.469 e. The zero-order valence-electron chi connectivity index (χ0n) is 10.2. The van der Waals surface area contributed by atoms with Gasteiger partial charge in [0.25, 0.3) is 0 Å². The van der Waals surface area contributed by atoms with Crippen molar-refractivity contribution in [3.05, 3.63) is 0 Å². The van der Waals surface area contributed by atoms with Gasteiger partial charge in [-0.1, -0.05) is 6.92 Å². The Hall–Kier alpha value is -0.610. The van der Waals surface area contributed by atoms with E-state index >= 15 is 0 Å². The first-order valence-corrected chi connectivity index (χ1v) is 5.34. The lowest BCUT2D eigenvalue weighted by Crippen LogP contribution is -2.38. The number of ether oxygens (including phenoxy) is 1. The topological polar surface area (TPSA) is 58.6 Å². The highest BCUT2D eigenvalue weighted by molar-refractivity contribution is 5.76. The molecule has 0 radical (unpaired) electrons. The van der Waals surface area contributed by atoms with Crippen molar-refractivity contribution in [3.63, 3.8) is 0 Å². The molecular formula is C11H23NO3. The Labute approximate surface area is 92.0 Å². The molecule has 4 heteroatoms. The molecule has 0 fully saturated rings. The monoisotopic (exact) mass is 217 g/mol. The average Bonchev–Trinajstić information content (AvgIpc) is 2.16. The molecule has 0 aliphatic heterocycles. The molecule has 0 amide bonds. The summed E-state index contributed by atoms with van der Waals surface area (Å²) < 4.78 is 4.70. The van der Waals surface area contributed by atoms with Crippen molar-refractivity contribution in [3.8, 4) is 0 Å². The van der Waals surface area contributed by atoms with E-state index in [1.807, 2.05) is 13.8 Å². The van der Waals surface area contributed by atoms with E-state index in [-0.39, 0.29) is 12.6 Å². The standard InChI is InChI=1S/C11H23NO3/c1-9(5-6-13)7-12-8-11(2,3)10(14)15-4/h9,12-13H,5-8H2,1-4H3. The molecule has 0 spiro atoms. The Balaban J connectivity index is 3.79. The maximum Gasteiger partial charge on any atom is 0.312 e. The third-order valence-electron chi connectivity index (χ3n) is 2.42. The molecule has 1 unspecified atom stereocenters. The Morgan fingerprint density at radius 2 is 2.13 bits per heavy atom. The molecule has 0 saturated carbocycles. The number of nitrogens with one attached hydrogen (secondary N) is 1. The summed E-state index contributed by atoms with van der Waals surface area (Å²) in [4.78, 5) is 11.3. The Kier molecular flexibility index (Phi) is 6.52. The van der Waals surface area contributed by atoms with E-state index in [1.165, 1.54) is 7.11 Å². The summed E-state index contributed by atoms with van der Waals surface area (Å²) in [7, 11) is 1.40. The van der Waals surface area contributed by atoms with Gasteiger partial charge in [0.2, 0.25) is 0 Å². The highest BCUT2D eigenvalue weighted by atomic mass is 16.5. The maximum absolute atomic E-state index is 11.3. The zero-order chi connectivity index (χ0) is 11.9. The minimum Gasteiger partial charge on any atom is -0.469 e. The summed E-state index contributed by atoms with van der Waals surface area (Å²) in [5, 5.41) is 11.9. The van der Waals surface area contributed by atoms with E-state index in [0.717, 1.165) is 13.0 Å². The predicted octanol–water partition coefficient (Wildman–Crippen LogP) is 0.794. The Morgan fingerprint density at radius 3 is 2.60 bits per heavy atom. The Bertz CT molecular complexity index is 192. The molecule has 0 rings (SSSR count). The molecule has 0 aromatic carbocycles. The van der Waals surface area contributed by atoms with Gasteiger partial charge in [-0.2, -0.15) is 0 Å².